The SMILES string of the molecule is CCCN(CC(=O)O)C(=O)c1cc(Cl)cc(Cl)c1I. The molecule has 0 unspecified atom stereocenters. The summed E-state index contributed by atoms with van der Waals surface area (Å²) in [4.78, 5) is 24.4. The van der Waals surface area contributed by atoms with Crippen molar-refractivity contribution in [2.24, 2.45) is 0 Å². The van der Waals surface area contributed by atoms with Crippen LogP contribution in [-0.4, -0.2) is 35.0 Å². The third-order valence-corrected chi connectivity index (χ3v) is 4.33. The lowest BCUT2D eigenvalue weighted by molar-refractivity contribution is -0.137. The molecule has 0 aliphatic heterocycles. The van der Waals surface area contributed by atoms with Crippen molar-refractivity contribution in [2.75, 3.05) is 13.1 Å². The fraction of sp³-hybridized carbons (Fsp3) is 0.333. The van der Waals surface area contributed by atoms with Gasteiger partial charge in [-0.1, -0.05) is 30.1 Å². The van der Waals surface area contributed by atoms with Crippen LogP contribution in [0.1, 0.15) is 23.7 Å². The predicted molar refractivity (Wildman–Crippen MR) is 83.0 cm³/mol. The summed E-state index contributed by atoms with van der Waals surface area (Å²) in [6, 6.07) is 3.05. The Hall–Kier alpha value is -0.530. The van der Waals surface area contributed by atoms with Gasteiger partial charge >= 0.3 is 5.97 Å². The van der Waals surface area contributed by atoms with E-state index >= 15 is 0 Å². The first-order chi connectivity index (χ1) is 8.86. The van der Waals surface area contributed by atoms with E-state index in [2.05, 4.69) is 0 Å². The highest BCUT2D eigenvalue weighted by Gasteiger charge is 2.21. The molecule has 0 saturated heterocycles. The standard InChI is InChI=1S/C12H12Cl2INO3/c1-2-3-16(6-10(17)18)12(19)8-4-7(13)5-9(14)11(8)15/h4-5H,2-3,6H2,1H3,(H,17,18). The maximum absolute atomic E-state index is 12.3. The summed E-state index contributed by atoms with van der Waals surface area (Å²) < 4.78 is 0.570. The molecule has 104 valence electrons. The Labute approximate surface area is 134 Å². The first-order valence-corrected chi connectivity index (χ1v) is 7.35. The molecular formula is C12H12Cl2INO3. The number of hydrogen-bond acceptors (Lipinski definition) is 2. The molecule has 0 saturated carbocycles. The van der Waals surface area contributed by atoms with E-state index in [0.29, 0.717) is 32.1 Å². The van der Waals surface area contributed by atoms with Crippen molar-refractivity contribution in [2.45, 2.75) is 13.3 Å². The summed E-state index contributed by atoms with van der Waals surface area (Å²) in [5.41, 5.74) is 0.327. The number of amides is 1. The molecule has 7 heteroatoms. The van der Waals surface area contributed by atoms with Crippen molar-refractivity contribution in [3.63, 3.8) is 0 Å². The van der Waals surface area contributed by atoms with Gasteiger partial charge in [0, 0.05) is 15.1 Å². The monoisotopic (exact) mass is 415 g/mol. The summed E-state index contributed by atoms with van der Waals surface area (Å²) in [5.74, 6) is -1.43. The second-order valence-electron chi connectivity index (χ2n) is 3.87. The molecule has 1 rings (SSSR count). The summed E-state index contributed by atoms with van der Waals surface area (Å²) in [7, 11) is 0. The molecule has 1 N–H and O–H groups in total. The molecule has 0 radical (unpaired) electrons. The fourth-order valence-corrected chi connectivity index (χ4v) is 2.60. The van der Waals surface area contributed by atoms with Crippen LogP contribution < -0.4 is 0 Å². The third kappa shape index (κ3) is 4.50. The van der Waals surface area contributed by atoms with Gasteiger partial charge in [-0.3, -0.25) is 9.59 Å². The van der Waals surface area contributed by atoms with Gasteiger partial charge < -0.3 is 10.0 Å². The lowest BCUT2D eigenvalue weighted by Gasteiger charge is -2.21. The number of carboxylic acid groups (broad SMARTS) is 1. The number of aliphatic carboxylic acids is 1. The molecule has 1 amide bonds. The first kappa shape index (κ1) is 16.5. The minimum Gasteiger partial charge on any atom is -0.480 e. The van der Waals surface area contributed by atoms with Gasteiger partial charge in [0.05, 0.1) is 10.6 Å². The van der Waals surface area contributed by atoms with E-state index in [1.165, 1.54) is 11.0 Å². The van der Waals surface area contributed by atoms with E-state index < -0.39 is 5.97 Å². The van der Waals surface area contributed by atoms with Crippen LogP contribution in [0.2, 0.25) is 10.0 Å². The van der Waals surface area contributed by atoms with Crippen LogP contribution in [0.4, 0.5) is 0 Å². The van der Waals surface area contributed by atoms with E-state index in [1.807, 2.05) is 29.5 Å². The number of benzene rings is 1. The van der Waals surface area contributed by atoms with E-state index in [9.17, 15) is 9.59 Å². The first-order valence-electron chi connectivity index (χ1n) is 5.52. The van der Waals surface area contributed by atoms with Gasteiger partial charge in [-0.05, 0) is 41.1 Å². The molecule has 0 aliphatic rings. The molecule has 0 spiro atoms. The highest BCUT2D eigenvalue weighted by Crippen LogP contribution is 2.27. The lowest BCUT2D eigenvalue weighted by Crippen LogP contribution is -2.36. The van der Waals surface area contributed by atoms with Gasteiger partial charge in [0.2, 0.25) is 0 Å². The highest BCUT2D eigenvalue weighted by atomic mass is 127. The number of carbonyl (C=O) groups is 2. The topological polar surface area (TPSA) is 57.6 Å². The summed E-state index contributed by atoms with van der Waals surface area (Å²) >= 11 is 13.8. The van der Waals surface area contributed by atoms with Gasteiger partial charge in [-0.25, -0.2) is 0 Å². The Morgan fingerprint density at radius 2 is 2.00 bits per heavy atom. The molecule has 4 nitrogen and oxygen atoms in total. The van der Waals surface area contributed by atoms with Crippen LogP contribution in [0.3, 0.4) is 0 Å². The average Bonchev–Trinajstić information content (AvgIpc) is 2.32. The van der Waals surface area contributed by atoms with Crippen LogP contribution in [-0.2, 0) is 4.79 Å². The molecule has 0 aromatic heterocycles. The van der Waals surface area contributed by atoms with Crippen molar-refractivity contribution in [1.29, 1.82) is 0 Å². The van der Waals surface area contributed by atoms with Crippen LogP contribution in [0.25, 0.3) is 0 Å². The van der Waals surface area contributed by atoms with Gasteiger partial charge in [-0.15, -0.1) is 0 Å². The zero-order valence-electron chi connectivity index (χ0n) is 10.1. The number of rotatable bonds is 5. The quantitative estimate of drug-likeness (QED) is 0.591. The molecular weight excluding hydrogens is 404 g/mol. The van der Waals surface area contributed by atoms with Crippen LogP contribution in [0, 0.1) is 3.57 Å². The van der Waals surface area contributed by atoms with Crippen LogP contribution >= 0.6 is 45.8 Å². The second kappa shape index (κ2) is 7.31. The molecule has 0 aliphatic carbocycles. The summed E-state index contributed by atoms with van der Waals surface area (Å²) in [5, 5.41) is 9.56. The Morgan fingerprint density at radius 1 is 1.37 bits per heavy atom. The van der Waals surface area contributed by atoms with Crippen LogP contribution in [0.5, 0.6) is 0 Å². The Balaban J connectivity index is 3.12. The van der Waals surface area contributed by atoms with Crippen molar-refractivity contribution in [3.8, 4) is 0 Å². The molecule has 0 atom stereocenters. The normalized spacial score (nSPS) is 10.3. The van der Waals surface area contributed by atoms with Crippen molar-refractivity contribution in [1.82, 2.24) is 4.90 Å². The average molecular weight is 416 g/mol. The second-order valence-corrected chi connectivity index (χ2v) is 5.79. The zero-order chi connectivity index (χ0) is 14.6. The van der Waals surface area contributed by atoms with Crippen LogP contribution in [0.15, 0.2) is 12.1 Å². The number of carbonyl (C=O) groups excluding carboxylic acids is 1. The number of nitrogens with zero attached hydrogens (tertiary/aromatic N) is 1. The van der Waals surface area contributed by atoms with E-state index in [-0.39, 0.29) is 12.5 Å². The molecule has 19 heavy (non-hydrogen) atoms. The number of carboxylic acids is 1. The smallest absolute Gasteiger partial charge is 0.323 e. The van der Waals surface area contributed by atoms with E-state index in [0.717, 1.165) is 0 Å². The Morgan fingerprint density at radius 3 is 2.53 bits per heavy atom. The largest absolute Gasteiger partial charge is 0.480 e. The zero-order valence-corrected chi connectivity index (χ0v) is 13.8. The van der Waals surface area contributed by atoms with Gasteiger partial charge in [0.15, 0.2) is 0 Å². The van der Waals surface area contributed by atoms with Gasteiger partial charge in [0.25, 0.3) is 5.91 Å². The Kier molecular flexibility index (Phi) is 6.35. The highest BCUT2D eigenvalue weighted by molar-refractivity contribution is 14.1. The number of halogens is 3. The minimum absolute atomic E-state index is 0.327. The third-order valence-electron chi connectivity index (χ3n) is 2.33. The summed E-state index contributed by atoms with van der Waals surface area (Å²) in [6.45, 7) is 1.90. The fourth-order valence-electron chi connectivity index (χ4n) is 1.57. The molecule has 0 fully saturated rings. The van der Waals surface area contributed by atoms with Crippen molar-refractivity contribution in [3.05, 3.63) is 31.3 Å². The van der Waals surface area contributed by atoms with E-state index in [4.69, 9.17) is 28.3 Å². The molecule has 0 heterocycles. The lowest BCUT2D eigenvalue weighted by atomic mass is 10.2. The summed E-state index contributed by atoms with van der Waals surface area (Å²) in [6.07, 6.45) is 0.671. The Bertz CT molecular complexity index is 508. The minimum atomic E-state index is -1.05. The maximum Gasteiger partial charge on any atom is 0.323 e. The molecule has 1 aromatic carbocycles. The maximum atomic E-state index is 12.3. The van der Waals surface area contributed by atoms with Gasteiger partial charge in [-0.2, -0.15) is 0 Å². The molecule has 1 aromatic rings. The van der Waals surface area contributed by atoms with Crippen molar-refractivity contribution >= 4 is 57.7 Å². The van der Waals surface area contributed by atoms with Crippen molar-refractivity contribution < 1.29 is 14.7 Å². The predicted octanol–water partition coefficient (Wildman–Crippen LogP) is 3.53. The number of hydrogen-bond donors (Lipinski definition) is 1. The van der Waals surface area contributed by atoms with E-state index in [1.54, 1.807) is 6.07 Å². The molecule has 0 bridgehead atoms. The van der Waals surface area contributed by atoms with Gasteiger partial charge in [0.1, 0.15) is 6.54 Å².